The lowest BCUT2D eigenvalue weighted by molar-refractivity contribution is -0.148. The Bertz CT molecular complexity index is 365. The molecule has 0 aromatic rings. The maximum absolute atomic E-state index is 12.0. The van der Waals surface area contributed by atoms with Crippen molar-refractivity contribution >= 4 is 18.0 Å². The van der Waals surface area contributed by atoms with Gasteiger partial charge in [-0.1, -0.05) is 0 Å². The van der Waals surface area contributed by atoms with Crippen LogP contribution in [0.2, 0.25) is 0 Å². The van der Waals surface area contributed by atoms with Gasteiger partial charge >= 0.3 is 18.0 Å². The van der Waals surface area contributed by atoms with E-state index in [0.29, 0.717) is 19.4 Å². The number of ether oxygens (including phenoxy) is 1. The van der Waals surface area contributed by atoms with Gasteiger partial charge in [0.2, 0.25) is 0 Å². The van der Waals surface area contributed by atoms with Gasteiger partial charge in [-0.15, -0.1) is 0 Å². The van der Waals surface area contributed by atoms with E-state index in [1.165, 1.54) is 4.90 Å². The fraction of sp³-hybridized carbons (Fsp3) is 0.750. The number of rotatable bonds is 6. The maximum atomic E-state index is 12.0. The van der Waals surface area contributed by atoms with Crippen LogP contribution in [0, 0.1) is 0 Å². The Morgan fingerprint density at radius 3 is 2.32 bits per heavy atom. The summed E-state index contributed by atoms with van der Waals surface area (Å²) in [5.74, 6) is -1.53. The van der Waals surface area contributed by atoms with Crippen molar-refractivity contribution in [3.63, 3.8) is 0 Å². The van der Waals surface area contributed by atoms with E-state index in [0.717, 1.165) is 6.42 Å². The first-order valence-electron chi connectivity index (χ1n) is 6.41. The average molecular weight is 272 g/mol. The van der Waals surface area contributed by atoms with Gasteiger partial charge in [0.15, 0.2) is 0 Å². The molecule has 0 atom stereocenters. The average Bonchev–Trinajstić information content (AvgIpc) is 2.30. The maximum Gasteiger partial charge on any atom is 0.329 e. The lowest BCUT2D eigenvalue weighted by Crippen LogP contribution is -2.62. The number of carbonyl (C=O) groups excluding carboxylic acids is 2. The van der Waals surface area contributed by atoms with Crippen LogP contribution in [0.5, 0.6) is 0 Å². The first-order valence-corrected chi connectivity index (χ1v) is 6.41. The van der Waals surface area contributed by atoms with Gasteiger partial charge in [0, 0.05) is 6.54 Å². The van der Waals surface area contributed by atoms with E-state index >= 15 is 0 Å². The summed E-state index contributed by atoms with van der Waals surface area (Å²) < 4.78 is 4.77. The number of esters is 1. The predicted octanol–water partition coefficient (Wildman–Crippen LogP) is 0.588. The lowest BCUT2D eigenvalue weighted by Gasteiger charge is -2.39. The number of carboxylic acids is 1. The molecule has 0 aromatic carbocycles. The Labute approximate surface area is 111 Å². The highest BCUT2D eigenvalue weighted by atomic mass is 16.5. The zero-order valence-corrected chi connectivity index (χ0v) is 11.3. The molecule has 7 heteroatoms. The Morgan fingerprint density at radius 2 is 1.95 bits per heavy atom. The van der Waals surface area contributed by atoms with Gasteiger partial charge in [0.05, 0.1) is 6.61 Å². The van der Waals surface area contributed by atoms with Crippen molar-refractivity contribution in [1.29, 1.82) is 0 Å². The second kappa shape index (κ2) is 6.40. The molecule has 1 rings (SSSR count). The molecule has 0 aliphatic heterocycles. The fourth-order valence-electron chi connectivity index (χ4n) is 1.90. The number of urea groups is 1. The van der Waals surface area contributed by atoms with Crippen molar-refractivity contribution in [1.82, 2.24) is 10.2 Å². The number of carboxylic acid groups (broad SMARTS) is 1. The molecule has 1 aliphatic rings. The zero-order valence-electron chi connectivity index (χ0n) is 11.3. The van der Waals surface area contributed by atoms with Crippen LogP contribution in [0.4, 0.5) is 4.79 Å². The van der Waals surface area contributed by atoms with E-state index in [9.17, 15) is 14.4 Å². The van der Waals surface area contributed by atoms with E-state index in [2.05, 4.69) is 5.32 Å². The third kappa shape index (κ3) is 3.59. The molecule has 19 heavy (non-hydrogen) atoms. The summed E-state index contributed by atoms with van der Waals surface area (Å²) in [4.78, 5) is 35.7. The minimum atomic E-state index is -1.17. The van der Waals surface area contributed by atoms with Crippen LogP contribution in [0.1, 0.15) is 33.1 Å². The van der Waals surface area contributed by atoms with Crippen LogP contribution in [0.15, 0.2) is 0 Å². The second-order valence-electron chi connectivity index (χ2n) is 4.49. The number of hydrogen-bond donors (Lipinski definition) is 2. The molecule has 2 N–H and O–H groups in total. The summed E-state index contributed by atoms with van der Waals surface area (Å²) in [5.41, 5.74) is -1.17. The molecule has 1 aliphatic carbocycles. The van der Waals surface area contributed by atoms with Gasteiger partial charge < -0.3 is 20.1 Å². The number of nitrogens with one attached hydrogen (secondary N) is 1. The van der Waals surface area contributed by atoms with Crippen molar-refractivity contribution in [2.75, 3.05) is 19.7 Å². The number of nitrogens with zero attached hydrogens (tertiary/aromatic N) is 1. The second-order valence-corrected chi connectivity index (χ2v) is 4.49. The van der Waals surface area contributed by atoms with E-state index in [1.54, 1.807) is 13.8 Å². The summed E-state index contributed by atoms with van der Waals surface area (Å²) in [5, 5.41) is 11.6. The molecule has 0 spiro atoms. The molecular weight excluding hydrogens is 252 g/mol. The quantitative estimate of drug-likeness (QED) is 0.690. The van der Waals surface area contributed by atoms with E-state index in [1.807, 2.05) is 0 Å². The number of amides is 2. The van der Waals surface area contributed by atoms with Crippen molar-refractivity contribution < 1.29 is 24.2 Å². The van der Waals surface area contributed by atoms with Crippen molar-refractivity contribution in [2.24, 2.45) is 0 Å². The molecule has 108 valence electrons. The molecule has 0 heterocycles. The van der Waals surface area contributed by atoms with Gasteiger partial charge in [0.1, 0.15) is 12.1 Å². The molecule has 0 unspecified atom stereocenters. The van der Waals surface area contributed by atoms with E-state index in [4.69, 9.17) is 9.84 Å². The van der Waals surface area contributed by atoms with Gasteiger partial charge in [-0.2, -0.15) is 0 Å². The lowest BCUT2D eigenvalue weighted by atomic mass is 9.77. The van der Waals surface area contributed by atoms with Crippen molar-refractivity contribution in [3.05, 3.63) is 0 Å². The molecule has 1 fully saturated rings. The summed E-state index contributed by atoms with van der Waals surface area (Å²) in [6, 6.07) is -0.544. The highest BCUT2D eigenvalue weighted by molar-refractivity contribution is 5.88. The van der Waals surface area contributed by atoms with Gasteiger partial charge in [-0.25, -0.2) is 9.59 Å². The fourth-order valence-corrected chi connectivity index (χ4v) is 1.90. The topological polar surface area (TPSA) is 95.9 Å². The number of aliphatic carboxylic acids is 1. The zero-order chi connectivity index (χ0) is 14.5. The van der Waals surface area contributed by atoms with Crippen LogP contribution in [0.25, 0.3) is 0 Å². The Kier molecular flexibility index (Phi) is 5.14. The molecule has 0 radical (unpaired) electrons. The van der Waals surface area contributed by atoms with Crippen LogP contribution in [0.3, 0.4) is 0 Å². The Hall–Kier alpha value is -1.79. The Morgan fingerprint density at radius 1 is 1.32 bits per heavy atom. The molecule has 0 bridgehead atoms. The Balaban J connectivity index is 2.59. The van der Waals surface area contributed by atoms with Crippen LogP contribution >= 0.6 is 0 Å². The first-order chi connectivity index (χ1) is 8.95. The van der Waals surface area contributed by atoms with Gasteiger partial charge in [0.25, 0.3) is 0 Å². The van der Waals surface area contributed by atoms with E-state index in [-0.39, 0.29) is 13.2 Å². The summed E-state index contributed by atoms with van der Waals surface area (Å²) in [6.07, 6.45) is 1.62. The largest absolute Gasteiger partial charge is 0.480 e. The molecule has 2 amide bonds. The first kappa shape index (κ1) is 15.3. The molecule has 0 saturated heterocycles. The highest BCUT2D eigenvalue weighted by Gasteiger charge is 2.46. The van der Waals surface area contributed by atoms with E-state index < -0.39 is 23.5 Å². The van der Waals surface area contributed by atoms with Crippen LogP contribution < -0.4 is 5.32 Å². The summed E-state index contributed by atoms with van der Waals surface area (Å²) in [6.45, 7) is 3.78. The van der Waals surface area contributed by atoms with Gasteiger partial charge in [-0.05, 0) is 33.1 Å². The SMILES string of the molecule is CCOC(=O)CN(CC)C(=O)NC1(C(=O)O)CCC1. The highest BCUT2D eigenvalue weighted by Crippen LogP contribution is 2.32. The molecule has 7 nitrogen and oxygen atoms in total. The van der Waals surface area contributed by atoms with Crippen LogP contribution in [-0.4, -0.2) is 53.2 Å². The minimum Gasteiger partial charge on any atom is -0.480 e. The standard InChI is InChI=1S/C12H20N2O5/c1-3-14(8-9(15)19-4-2)11(18)13-12(10(16)17)6-5-7-12/h3-8H2,1-2H3,(H,13,18)(H,16,17). The normalized spacial score (nSPS) is 16.1. The van der Waals surface area contributed by atoms with Gasteiger partial charge in [-0.3, -0.25) is 4.79 Å². The number of carbonyl (C=O) groups is 3. The third-order valence-electron chi connectivity index (χ3n) is 3.26. The number of hydrogen-bond acceptors (Lipinski definition) is 4. The monoisotopic (exact) mass is 272 g/mol. The number of likely N-dealkylation sites (N-methyl/N-ethyl adjacent to an activating group) is 1. The molecular formula is C12H20N2O5. The molecule has 1 saturated carbocycles. The van der Waals surface area contributed by atoms with Crippen molar-refractivity contribution in [2.45, 2.75) is 38.6 Å². The summed E-state index contributed by atoms with van der Waals surface area (Å²) >= 11 is 0. The summed E-state index contributed by atoms with van der Waals surface area (Å²) in [7, 11) is 0. The minimum absolute atomic E-state index is 0.175. The smallest absolute Gasteiger partial charge is 0.329 e. The predicted molar refractivity (Wildman–Crippen MR) is 66.6 cm³/mol. The molecule has 0 aromatic heterocycles. The third-order valence-corrected chi connectivity index (χ3v) is 3.26. The van der Waals surface area contributed by atoms with Crippen LogP contribution in [-0.2, 0) is 14.3 Å². The van der Waals surface area contributed by atoms with Crippen molar-refractivity contribution in [3.8, 4) is 0 Å².